The Morgan fingerprint density at radius 3 is 2.39 bits per heavy atom. The molecule has 0 radical (unpaired) electrons. The largest absolute Gasteiger partial charge is 0.378 e. The summed E-state index contributed by atoms with van der Waals surface area (Å²) in [6.45, 7) is 4.32. The molecule has 0 spiro atoms. The molecule has 0 bridgehead atoms. The van der Waals surface area contributed by atoms with E-state index in [1.807, 2.05) is 29.2 Å². The number of likely N-dealkylation sites (tertiary alicyclic amines) is 1. The topological polar surface area (TPSA) is 53.1 Å². The van der Waals surface area contributed by atoms with Crippen molar-refractivity contribution < 1.29 is 18.7 Å². The van der Waals surface area contributed by atoms with Crippen LogP contribution >= 0.6 is 0 Å². The SMILES string of the molecule is CN(C(=O)Cc1ccc(F)cc1)C1CCN(C(=O)c2ccc(N3CCOCC3)cc2)C1. The van der Waals surface area contributed by atoms with Gasteiger partial charge in [-0.2, -0.15) is 0 Å². The van der Waals surface area contributed by atoms with Crippen LogP contribution in [0.3, 0.4) is 0 Å². The molecule has 0 aliphatic carbocycles. The summed E-state index contributed by atoms with van der Waals surface area (Å²) in [6, 6.07) is 13.7. The first kappa shape index (κ1) is 21.3. The van der Waals surface area contributed by atoms with Crippen LogP contribution < -0.4 is 4.90 Å². The lowest BCUT2D eigenvalue weighted by molar-refractivity contribution is -0.131. The third-order valence-electron chi connectivity index (χ3n) is 6.15. The summed E-state index contributed by atoms with van der Waals surface area (Å²) in [7, 11) is 1.78. The molecule has 1 unspecified atom stereocenters. The van der Waals surface area contributed by atoms with Crippen molar-refractivity contribution in [2.45, 2.75) is 18.9 Å². The standard InChI is InChI=1S/C24H28FN3O3/c1-26(23(29)16-18-2-6-20(25)7-3-18)22-10-11-28(17-22)24(30)19-4-8-21(9-5-19)27-12-14-31-15-13-27/h2-9,22H,10-17H2,1H3. The highest BCUT2D eigenvalue weighted by molar-refractivity contribution is 5.95. The van der Waals surface area contributed by atoms with E-state index in [4.69, 9.17) is 4.74 Å². The van der Waals surface area contributed by atoms with Crippen LogP contribution in [-0.2, 0) is 16.0 Å². The van der Waals surface area contributed by atoms with Crippen molar-refractivity contribution in [3.63, 3.8) is 0 Å². The van der Waals surface area contributed by atoms with Gasteiger partial charge in [0.2, 0.25) is 5.91 Å². The molecule has 2 aliphatic heterocycles. The number of anilines is 1. The summed E-state index contributed by atoms with van der Waals surface area (Å²) in [6.07, 6.45) is 0.980. The van der Waals surface area contributed by atoms with Crippen molar-refractivity contribution >= 4 is 17.5 Å². The van der Waals surface area contributed by atoms with Gasteiger partial charge in [0.25, 0.3) is 5.91 Å². The van der Waals surface area contributed by atoms with E-state index >= 15 is 0 Å². The van der Waals surface area contributed by atoms with E-state index < -0.39 is 0 Å². The second-order valence-corrected chi connectivity index (χ2v) is 8.15. The maximum Gasteiger partial charge on any atom is 0.253 e. The molecule has 2 aromatic rings. The van der Waals surface area contributed by atoms with E-state index in [0.717, 1.165) is 44.0 Å². The Labute approximate surface area is 182 Å². The predicted molar refractivity (Wildman–Crippen MR) is 117 cm³/mol. The third-order valence-corrected chi connectivity index (χ3v) is 6.15. The van der Waals surface area contributed by atoms with Gasteiger partial charge in [0, 0.05) is 44.5 Å². The lowest BCUT2D eigenvalue weighted by Gasteiger charge is -2.29. The minimum Gasteiger partial charge on any atom is -0.378 e. The van der Waals surface area contributed by atoms with Gasteiger partial charge in [0.15, 0.2) is 0 Å². The summed E-state index contributed by atoms with van der Waals surface area (Å²) in [5.41, 5.74) is 2.55. The van der Waals surface area contributed by atoms with E-state index in [9.17, 15) is 14.0 Å². The van der Waals surface area contributed by atoms with Crippen LogP contribution in [0, 0.1) is 5.82 Å². The second-order valence-electron chi connectivity index (χ2n) is 8.15. The van der Waals surface area contributed by atoms with Gasteiger partial charge in [-0.1, -0.05) is 12.1 Å². The van der Waals surface area contributed by atoms with Gasteiger partial charge in [0.05, 0.1) is 25.7 Å². The van der Waals surface area contributed by atoms with Gasteiger partial charge in [-0.15, -0.1) is 0 Å². The van der Waals surface area contributed by atoms with Crippen molar-refractivity contribution in [2.75, 3.05) is 51.3 Å². The number of amides is 2. The van der Waals surface area contributed by atoms with Gasteiger partial charge >= 0.3 is 0 Å². The lowest BCUT2D eigenvalue weighted by Crippen LogP contribution is -2.40. The Hall–Kier alpha value is -2.93. The molecule has 2 saturated heterocycles. The van der Waals surface area contributed by atoms with Crippen LogP contribution in [0.5, 0.6) is 0 Å². The Morgan fingerprint density at radius 2 is 1.71 bits per heavy atom. The number of hydrogen-bond donors (Lipinski definition) is 0. The minimum atomic E-state index is -0.313. The molecule has 2 amide bonds. The zero-order valence-electron chi connectivity index (χ0n) is 17.8. The highest BCUT2D eigenvalue weighted by atomic mass is 19.1. The number of morpholine rings is 1. The number of halogens is 1. The smallest absolute Gasteiger partial charge is 0.253 e. The predicted octanol–water partition coefficient (Wildman–Crippen LogP) is 2.58. The fraction of sp³-hybridized carbons (Fsp3) is 0.417. The monoisotopic (exact) mass is 425 g/mol. The van der Waals surface area contributed by atoms with E-state index in [1.165, 1.54) is 12.1 Å². The van der Waals surface area contributed by atoms with Gasteiger partial charge in [0.1, 0.15) is 5.82 Å². The number of hydrogen-bond acceptors (Lipinski definition) is 4. The average molecular weight is 426 g/mol. The van der Waals surface area contributed by atoms with E-state index in [-0.39, 0.29) is 30.1 Å². The van der Waals surface area contributed by atoms with E-state index in [1.54, 1.807) is 24.1 Å². The van der Waals surface area contributed by atoms with Crippen LogP contribution in [0.1, 0.15) is 22.3 Å². The molecule has 1 atom stereocenters. The molecule has 2 aliphatic rings. The van der Waals surface area contributed by atoms with Gasteiger partial charge in [-0.25, -0.2) is 4.39 Å². The van der Waals surface area contributed by atoms with Crippen LogP contribution in [0.2, 0.25) is 0 Å². The summed E-state index contributed by atoms with van der Waals surface area (Å²) < 4.78 is 18.5. The van der Waals surface area contributed by atoms with Gasteiger partial charge in [-0.05, 0) is 48.4 Å². The molecule has 0 saturated carbocycles. The van der Waals surface area contributed by atoms with Crippen LogP contribution in [0.4, 0.5) is 10.1 Å². The second kappa shape index (κ2) is 9.47. The highest BCUT2D eigenvalue weighted by Crippen LogP contribution is 2.21. The number of nitrogens with zero attached hydrogens (tertiary/aromatic N) is 3. The number of carbonyl (C=O) groups excluding carboxylic acids is 2. The maximum atomic E-state index is 13.1. The quantitative estimate of drug-likeness (QED) is 0.739. The lowest BCUT2D eigenvalue weighted by atomic mass is 10.1. The highest BCUT2D eigenvalue weighted by Gasteiger charge is 2.31. The Kier molecular flexibility index (Phi) is 6.51. The first-order valence-electron chi connectivity index (χ1n) is 10.7. The van der Waals surface area contributed by atoms with E-state index in [2.05, 4.69) is 4.90 Å². The molecule has 164 valence electrons. The summed E-state index contributed by atoms with van der Waals surface area (Å²) in [5, 5.41) is 0. The molecule has 7 heteroatoms. The van der Waals surface area contributed by atoms with Crippen LogP contribution in [0.25, 0.3) is 0 Å². The molecule has 0 aromatic heterocycles. The van der Waals surface area contributed by atoms with Crippen molar-refractivity contribution in [1.82, 2.24) is 9.80 Å². The van der Waals surface area contributed by atoms with Crippen molar-refractivity contribution in [2.24, 2.45) is 0 Å². The Morgan fingerprint density at radius 1 is 1.03 bits per heavy atom. The normalized spacial score (nSPS) is 18.8. The summed E-state index contributed by atoms with van der Waals surface area (Å²) in [5.74, 6) is -0.344. The van der Waals surface area contributed by atoms with Crippen molar-refractivity contribution in [3.8, 4) is 0 Å². The third kappa shape index (κ3) is 5.05. The Bertz CT molecular complexity index is 911. The molecule has 6 nitrogen and oxygen atoms in total. The zero-order chi connectivity index (χ0) is 21.8. The van der Waals surface area contributed by atoms with Crippen LogP contribution in [-0.4, -0.2) is 74.1 Å². The van der Waals surface area contributed by atoms with Crippen LogP contribution in [0.15, 0.2) is 48.5 Å². The first-order valence-corrected chi connectivity index (χ1v) is 10.7. The van der Waals surface area contributed by atoms with E-state index in [0.29, 0.717) is 18.7 Å². The number of ether oxygens (including phenoxy) is 1. The summed E-state index contributed by atoms with van der Waals surface area (Å²) in [4.78, 5) is 31.4. The molecular formula is C24H28FN3O3. The number of likely N-dealkylation sites (N-methyl/N-ethyl adjacent to an activating group) is 1. The fourth-order valence-corrected chi connectivity index (χ4v) is 4.17. The first-order chi connectivity index (χ1) is 15.0. The van der Waals surface area contributed by atoms with Gasteiger partial charge in [-0.3, -0.25) is 9.59 Å². The zero-order valence-corrected chi connectivity index (χ0v) is 17.8. The molecule has 2 fully saturated rings. The molecule has 2 heterocycles. The maximum absolute atomic E-state index is 13.1. The van der Waals surface area contributed by atoms with Crippen molar-refractivity contribution in [3.05, 3.63) is 65.5 Å². The van der Waals surface area contributed by atoms with Gasteiger partial charge < -0.3 is 19.4 Å². The molecule has 31 heavy (non-hydrogen) atoms. The molecule has 2 aromatic carbocycles. The number of rotatable bonds is 5. The van der Waals surface area contributed by atoms with Crippen molar-refractivity contribution in [1.29, 1.82) is 0 Å². The molecular weight excluding hydrogens is 397 g/mol. The fourth-order valence-electron chi connectivity index (χ4n) is 4.17. The molecule has 4 rings (SSSR count). The molecule has 0 N–H and O–H groups in total. The number of carbonyl (C=O) groups is 2. The minimum absolute atomic E-state index is 0.00425. The number of benzene rings is 2. The summed E-state index contributed by atoms with van der Waals surface area (Å²) >= 11 is 0. The Balaban J connectivity index is 1.32. The average Bonchev–Trinajstić information content (AvgIpc) is 3.30.